The number of rotatable bonds is 4. The Morgan fingerprint density at radius 1 is 1.42 bits per heavy atom. The van der Waals surface area contributed by atoms with E-state index in [0.717, 1.165) is 18.2 Å². The number of likely N-dealkylation sites (tertiary alicyclic amines) is 1. The fourth-order valence-corrected chi connectivity index (χ4v) is 3.07. The Morgan fingerprint density at radius 3 is 2.89 bits per heavy atom. The molecule has 1 saturated heterocycles. The number of aromatic amines is 1. The van der Waals surface area contributed by atoms with E-state index in [2.05, 4.69) is 35.9 Å². The average molecular weight is 258 g/mol. The van der Waals surface area contributed by atoms with Crippen molar-refractivity contribution < 1.29 is 4.74 Å². The van der Waals surface area contributed by atoms with Gasteiger partial charge in [0.25, 0.3) is 0 Å². The normalized spacial score (nSPS) is 16.8. The molecule has 0 unspecified atom stereocenters. The van der Waals surface area contributed by atoms with Crippen LogP contribution in [0.15, 0.2) is 18.3 Å². The van der Waals surface area contributed by atoms with Gasteiger partial charge in [0.15, 0.2) is 0 Å². The highest BCUT2D eigenvalue weighted by molar-refractivity contribution is 5.88. The predicted molar refractivity (Wildman–Crippen MR) is 78.6 cm³/mol. The second-order valence-corrected chi connectivity index (χ2v) is 5.61. The van der Waals surface area contributed by atoms with E-state index in [9.17, 15) is 0 Å². The molecule has 1 fully saturated rings. The molecule has 0 bridgehead atoms. The molecule has 102 valence electrons. The van der Waals surface area contributed by atoms with Crippen LogP contribution in [-0.2, 0) is 6.54 Å². The van der Waals surface area contributed by atoms with Gasteiger partial charge in [0.1, 0.15) is 5.75 Å². The van der Waals surface area contributed by atoms with Gasteiger partial charge in [-0.1, -0.05) is 13.3 Å². The molecule has 19 heavy (non-hydrogen) atoms. The zero-order valence-electron chi connectivity index (χ0n) is 12.0. The first-order valence-corrected chi connectivity index (χ1v) is 7.08. The van der Waals surface area contributed by atoms with Crippen LogP contribution in [0.3, 0.4) is 0 Å². The number of H-pyrrole nitrogens is 1. The molecule has 2 aromatic rings. The fourth-order valence-electron chi connectivity index (χ4n) is 3.07. The third-order valence-corrected chi connectivity index (χ3v) is 4.32. The molecular weight excluding hydrogens is 236 g/mol. The Labute approximate surface area is 114 Å². The number of aromatic nitrogens is 1. The molecule has 1 aliphatic heterocycles. The van der Waals surface area contributed by atoms with Crippen molar-refractivity contribution in [2.24, 2.45) is 5.92 Å². The maximum absolute atomic E-state index is 5.59. The smallest absolute Gasteiger partial charge is 0.124 e. The van der Waals surface area contributed by atoms with Crippen LogP contribution in [0.1, 0.15) is 24.5 Å². The molecule has 0 spiro atoms. The third kappa shape index (κ3) is 2.12. The average Bonchev–Trinajstić information content (AvgIpc) is 2.84. The van der Waals surface area contributed by atoms with Gasteiger partial charge in [-0.25, -0.2) is 0 Å². The van der Waals surface area contributed by atoms with Crippen molar-refractivity contribution in [2.45, 2.75) is 26.8 Å². The topological polar surface area (TPSA) is 28.3 Å². The summed E-state index contributed by atoms with van der Waals surface area (Å²) in [6.07, 6.45) is 3.31. The molecule has 1 aromatic heterocycles. The number of fused-ring (bicyclic) bond motifs is 1. The Hall–Kier alpha value is -1.48. The number of nitrogens with one attached hydrogen (secondary N) is 1. The summed E-state index contributed by atoms with van der Waals surface area (Å²) in [6, 6.07) is 4.31. The van der Waals surface area contributed by atoms with Crippen LogP contribution >= 0.6 is 0 Å². The Kier molecular flexibility index (Phi) is 3.23. The monoisotopic (exact) mass is 258 g/mol. The summed E-state index contributed by atoms with van der Waals surface area (Å²) >= 11 is 0. The van der Waals surface area contributed by atoms with Gasteiger partial charge < -0.3 is 9.72 Å². The maximum Gasteiger partial charge on any atom is 0.124 e. The molecule has 0 radical (unpaired) electrons. The highest BCUT2D eigenvalue weighted by Crippen LogP contribution is 2.33. The molecule has 1 N–H and O–H groups in total. The minimum absolute atomic E-state index is 0.887. The molecule has 3 rings (SSSR count). The lowest BCUT2D eigenvalue weighted by atomic mass is 9.95. The largest absolute Gasteiger partial charge is 0.496 e. The Bertz CT molecular complexity index is 582. The summed E-state index contributed by atoms with van der Waals surface area (Å²) in [6.45, 7) is 7.84. The van der Waals surface area contributed by atoms with Crippen LogP contribution < -0.4 is 4.74 Å². The van der Waals surface area contributed by atoms with E-state index in [1.165, 1.54) is 41.5 Å². The van der Waals surface area contributed by atoms with E-state index in [-0.39, 0.29) is 0 Å². The lowest BCUT2D eigenvalue weighted by molar-refractivity contribution is 0.0894. The van der Waals surface area contributed by atoms with Gasteiger partial charge in [-0.15, -0.1) is 0 Å². The molecule has 0 aliphatic carbocycles. The van der Waals surface area contributed by atoms with Crippen molar-refractivity contribution >= 4 is 10.9 Å². The van der Waals surface area contributed by atoms with Crippen molar-refractivity contribution in [3.63, 3.8) is 0 Å². The Balaban J connectivity index is 1.93. The quantitative estimate of drug-likeness (QED) is 0.911. The minimum Gasteiger partial charge on any atom is -0.496 e. The summed E-state index contributed by atoms with van der Waals surface area (Å²) in [4.78, 5) is 5.84. The first-order valence-electron chi connectivity index (χ1n) is 7.08. The maximum atomic E-state index is 5.59. The summed E-state index contributed by atoms with van der Waals surface area (Å²) in [7, 11) is 1.77. The van der Waals surface area contributed by atoms with E-state index in [0.29, 0.717) is 0 Å². The zero-order chi connectivity index (χ0) is 13.4. The second kappa shape index (κ2) is 4.89. The number of ether oxygens (including phenoxy) is 1. The number of aryl methyl sites for hydroxylation is 1. The molecule has 0 amide bonds. The van der Waals surface area contributed by atoms with E-state index in [1.807, 2.05) is 6.20 Å². The predicted octanol–water partition coefficient (Wildman–Crippen LogP) is 3.33. The minimum atomic E-state index is 0.887. The van der Waals surface area contributed by atoms with Crippen molar-refractivity contribution in [2.75, 3.05) is 20.2 Å². The summed E-state index contributed by atoms with van der Waals surface area (Å²) in [5.41, 5.74) is 3.80. The fraction of sp³-hybridized carbons (Fsp3) is 0.500. The molecule has 0 saturated carbocycles. The van der Waals surface area contributed by atoms with Crippen LogP contribution in [0.2, 0.25) is 0 Å². The highest BCUT2D eigenvalue weighted by Gasteiger charge is 2.26. The van der Waals surface area contributed by atoms with Crippen LogP contribution in [0.5, 0.6) is 5.75 Å². The molecule has 1 aromatic carbocycles. The number of hydrogen-bond donors (Lipinski definition) is 1. The molecule has 3 nitrogen and oxygen atoms in total. The molecule has 0 atom stereocenters. The lowest BCUT2D eigenvalue weighted by Gasteiger charge is -2.39. The zero-order valence-corrected chi connectivity index (χ0v) is 12.0. The van der Waals surface area contributed by atoms with Gasteiger partial charge in [-0.3, -0.25) is 4.90 Å². The van der Waals surface area contributed by atoms with Crippen molar-refractivity contribution in [3.05, 3.63) is 29.5 Å². The van der Waals surface area contributed by atoms with Crippen LogP contribution in [-0.4, -0.2) is 30.1 Å². The van der Waals surface area contributed by atoms with Crippen molar-refractivity contribution in [3.8, 4) is 5.75 Å². The van der Waals surface area contributed by atoms with Gasteiger partial charge in [-0.05, 0) is 30.5 Å². The van der Waals surface area contributed by atoms with Crippen molar-refractivity contribution in [1.29, 1.82) is 0 Å². The number of methoxy groups -OCH3 is 1. The third-order valence-electron chi connectivity index (χ3n) is 4.32. The van der Waals surface area contributed by atoms with E-state index < -0.39 is 0 Å². The standard InChI is InChI=1S/C16H22N2O/c1-4-12-8-18(9-12)10-14-13-5-6-17-16(13)11(2)7-15(14)19-3/h5-7,12,17H,4,8-10H2,1-3H3. The van der Waals surface area contributed by atoms with Crippen LogP contribution in [0, 0.1) is 12.8 Å². The van der Waals surface area contributed by atoms with Gasteiger partial charge in [0, 0.05) is 42.3 Å². The van der Waals surface area contributed by atoms with Gasteiger partial charge >= 0.3 is 0 Å². The van der Waals surface area contributed by atoms with Gasteiger partial charge in [0.05, 0.1) is 7.11 Å². The van der Waals surface area contributed by atoms with E-state index >= 15 is 0 Å². The first-order chi connectivity index (χ1) is 9.22. The second-order valence-electron chi connectivity index (χ2n) is 5.61. The van der Waals surface area contributed by atoms with Crippen LogP contribution in [0.25, 0.3) is 10.9 Å². The van der Waals surface area contributed by atoms with Crippen molar-refractivity contribution in [1.82, 2.24) is 9.88 Å². The molecular formula is C16H22N2O. The molecule has 3 heteroatoms. The first kappa shape index (κ1) is 12.5. The number of benzene rings is 1. The number of nitrogens with zero attached hydrogens (tertiary/aromatic N) is 1. The molecule has 1 aliphatic rings. The van der Waals surface area contributed by atoms with E-state index in [4.69, 9.17) is 4.74 Å². The molecule has 2 heterocycles. The SMILES string of the molecule is CCC1CN(Cc2c(OC)cc(C)c3[nH]ccc23)C1. The Morgan fingerprint density at radius 2 is 2.21 bits per heavy atom. The van der Waals surface area contributed by atoms with E-state index in [1.54, 1.807) is 7.11 Å². The summed E-state index contributed by atoms with van der Waals surface area (Å²) in [5.74, 6) is 1.91. The number of hydrogen-bond acceptors (Lipinski definition) is 2. The van der Waals surface area contributed by atoms with Crippen LogP contribution in [0.4, 0.5) is 0 Å². The highest BCUT2D eigenvalue weighted by atomic mass is 16.5. The van der Waals surface area contributed by atoms with Gasteiger partial charge in [-0.2, -0.15) is 0 Å². The summed E-state index contributed by atoms with van der Waals surface area (Å²) in [5, 5.41) is 1.30. The van der Waals surface area contributed by atoms with Gasteiger partial charge in [0.2, 0.25) is 0 Å². The lowest BCUT2D eigenvalue weighted by Crippen LogP contribution is -2.45. The summed E-state index contributed by atoms with van der Waals surface area (Å²) < 4.78 is 5.59.